The molecule has 3 aromatic carbocycles. The van der Waals surface area contributed by atoms with Gasteiger partial charge in [-0.15, -0.1) is 0 Å². The number of nitrogens with zero attached hydrogens (tertiary/aromatic N) is 1. The molecule has 10 heteroatoms. The maximum absolute atomic E-state index is 12.2. The second-order valence-electron chi connectivity index (χ2n) is 6.84. The van der Waals surface area contributed by atoms with Gasteiger partial charge in [-0.2, -0.15) is 5.10 Å². The van der Waals surface area contributed by atoms with Crippen molar-refractivity contribution in [2.45, 2.75) is 6.54 Å². The highest BCUT2D eigenvalue weighted by molar-refractivity contribution is 6.44. The quantitative estimate of drug-likeness (QED) is 0.249. The number of benzene rings is 3. The summed E-state index contributed by atoms with van der Waals surface area (Å²) in [6.45, 7) is -0.0854. The van der Waals surface area contributed by atoms with Crippen molar-refractivity contribution in [1.82, 2.24) is 10.7 Å². The van der Waals surface area contributed by atoms with Crippen molar-refractivity contribution in [3.05, 3.63) is 94.0 Å². The highest BCUT2D eigenvalue weighted by atomic mass is 35.5. The molecule has 34 heavy (non-hydrogen) atoms. The minimum absolute atomic E-state index is 0.218. The lowest BCUT2D eigenvalue weighted by molar-refractivity contribution is -0.139. The fourth-order valence-electron chi connectivity index (χ4n) is 2.72. The number of hydrazone groups is 1. The molecule has 0 aliphatic rings. The van der Waals surface area contributed by atoms with Crippen molar-refractivity contribution in [2.24, 2.45) is 5.10 Å². The maximum atomic E-state index is 12.2. The number of halogens is 2. The molecular weight excluding hydrogens is 479 g/mol. The van der Waals surface area contributed by atoms with Crippen LogP contribution in [0.25, 0.3) is 0 Å². The van der Waals surface area contributed by atoms with Gasteiger partial charge in [0.15, 0.2) is 6.61 Å². The van der Waals surface area contributed by atoms with Crippen LogP contribution in [0.1, 0.15) is 11.1 Å². The van der Waals surface area contributed by atoms with Crippen LogP contribution in [-0.4, -0.2) is 30.5 Å². The molecule has 0 heterocycles. The van der Waals surface area contributed by atoms with E-state index in [1.807, 2.05) is 30.3 Å². The summed E-state index contributed by atoms with van der Waals surface area (Å²) in [4.78, 5) is 36.1. The smallest absolute Gasteiger partial charge is 0.329 e. The van der Waals surface area contributed by atoms with Gasteiger partial charge in [0.2, 0.25) is 0 Å². The number of hydrogen-bond acceptors (Lipinski definition) is 5. The molecule has 0 aliphatic carbocycles. The topological polar surface area (TPSA) is 109 Å². The summed E-state index contributed by atoms with van der Waals surface area (Å²) < 4.78 is 5.56. The Hall–Kier alpha value is -3.88. The van der Waals surface area contributed by atoms with Gasteiger partial charge >= 0.3 is 11.8 Å². The molecule has 3 amide bonds. The van der Waals surface area contributed by atoms with Crippen LogP contribution in [0.2, 0.25) is 10.0 Å². The molecule has 0 unspecified atom stereocenters. The third kappa shape index (κ3) is 7.33. The van der Waals surface area contributed by atoms with Crippen LogP contribution >= 0.6 is 23.2 Å². The largest absolute Gasteiger partial charge is 0.483 e. The first-order valence-electron chi connectivity index (χ1n) is 10.0. The third-order valence-corrected chi connectivity index (χ3v) is 5.19. The van der Waals surface area contributed by atoms with Crippen molar-refractivity contribution in [1.29, 1.82) is 0 Å². The van der Waals surface area contributed by atoms with E-state index in [2.05, 4.69) is 21.2 Å². The molecule has 3 aromatic rings. The lowest BCUT2D eigenvalue weighted by atomic mass is 10.2. The lowest BCUT2D eigenvalue weighted by Crippen LogP contribution is -2.37. The first-order valence-corrected chi connectivity index (χ1v) is 10.8. The first-order chi connectivity index (χ1) is 16.4. The molecule has 0 radical (unpaired) electrons. The van der Waals surface area contributed by atoms with E-state index in [4.69, 9.17) is 27.9 Å². The average Bonchev–Trinajstić information content (AvgIpc) is 2.85. The van der Waals surface area contributed by atoms with Gasteiger partial charge in [0.05, 0.1) is 21.9 Å². The zero-order valence-corrected chi connectivity index (χ0v) is 19.3. The average molecular weight is 499 g/mol. The molecule has 3 N–H and O–H groups in total. The van der Waals surface area contributed by atoms with Gasteiger partial charge in [-0.25, -0.2) is 5.43 Å². The highest BCUT2D eigenvalue weighted by Gasteiger charge is 2.13. The fraction of sp³-hybridized carbons (Fsp3) is 0.0833. The molecule has 174 valence electrons. The second-order valence-corrected chi connectivity index (χ2v) is 7.63. The van der Waals surface area contributed by atoms with E-state index < -0.39 is 17.7 Å². The number of anilines is 1. The Bertz CT molecular complexity index is 1200. The van der Waals surface area contributed by atoms with E-state index >= 15 is 0 Å². The Kier molecular flexibility index (Phi) is 9.02. The van der Waals surface area contributed by atoms with Gasteiger partial charge in [-0.3, -0.25) is 14.4 Å². The van der Waals surface area contributed by atoms with E-state index in [-0.39, 0.29) is 18.2 Å². The molecule has 0 bridgehead atoms. The Labute approximate surface area is 205 Å². The molecule has 0 atom stereocenters. The highest BCUT2D eigenvalue weighted by Crippen LogP contribution is 2.29. The van der Waals surface area contributed by atoms with E-state index in [1.54, 1.807) is 42.5 Å². The van der Waals surface area contributed by atoms with Crippen LogP contribution in [0.4, 0.5) is 5.69 Å². The van der Waals surface area contributed by atoms with Gasteiger partial charge in [-0.1, -0.05) is 71.7 Å². The predicted octanol–water partition coefficient (Wildman–Crippen LogP) is 3.78. The van der Waals surface area contributed by atoms with Crippen LogP contribution in [0.5, 0.6) is 5.75 Å². The molecule has 0 saturated heterocycles. The maximum Gasteiger partial charge on any atom is 0.329 e. The Morgan fingerprint density at radius 2 is 1.62 bits per heavy atom. The van der Waals surface area contributed by atoms with Crippen molar-refractivity contribution in [3.8, 4) is 5.75 Å². The summed E-state index contributed by atoms with van der Waals surface area (Å²) in [7, 11) is 0. The first kappa shape index (κ1) is 24.8. The lowest BCUT2D eigenvalue weighted by Gasteiger charge is -2.11. The van der Waals surface area contributed by atoms with Gasteiger partial charge in [0.1, 0.15) is 5.75 Å². The summed E-state index contributed by atoms with van der Waals surface area (Å²) in [5, 5.41) is 9.47. The summed E-state index contributed by atoms with van der Waals surface area (Å²) in [5.74, 6) is -1.83. The summed E-state index contributed by atoms with van der Waals surface area (Å²) >= 11 is 12.0. The van der Waals surface area contributed by atoms with Crippen molar-refractivity contribution in [2.75, 3.05) is 11.9 Å². The van der Waals surface area contributed by atoms with Crippen molar-refractivity contribution >= 4 is 52.8 Å². The van der Waals surface area contributed by atoms with Gasteiger partial charge in [0, 0.05) is 12.1 Å². The van der Waals surface area contributed by atoms with E-state index in [9.17, 15) is 14.4 Å². The number of hydrogen-bond donors (Lipinski definition) is 3. The van der Waals surface area contributed by atoms with Crippen LogP contribution in [0, 0.1) is 0 Å². The number of amides is 3. The van der Waals surface area contributed by atoms with E-state index in [0.717, 1.165) is 5.56 Å². The van der Waals surface area contributed by atoms with Crippen LogP contribution in [0.15, 0.2) is 77.9 Å². The molecule has 0 saturated carbocycles. The minimum Gasteiger partial charge on any atom is -0.483 e. The number of para-hydroxylation sites is 1. The fourth-order valence-corrected chi connectivity index (χ4v) is 3.07. The standard InChI is InChI=1S/C24H20Cl2N4O4/c25-18-10-6-11-19(22(18)26)29-21(31)15-34-20-12-5-4-9-17(20)14-28-30-24(33)23(32)27-13-16-7-2-1-3-8-16/h1-12,14H,13,15H2,(H,27,32)(H,29,31)(H,30,33)/b28-14+. The Morgan fingerprint density at radius 1 is 0.882 bits per heavy atom. The zero-order valence-electron chi connectivity index (χ0n) is 17.8. The normalized spacial score (nSPS) is 10.5. The molecular formula is C24H20Cl2N4O4. The zero-order chi connectivity index (χ0) is 24.3. The second kappa shape index (κ2) is 12.4. The minimum atomic E-state index is -0.914. The monoisotopic (exact) mass is 498 g/mol. The number of carbonyl (C=O) groups is 3. The molecule has 3 rings (SSSR count). The molecule has 0 aliphatic heterocycles. The van der Waals surface area contributed by atoms with Crippen molar-refractivity contribution < 1.29 is 19.1 Å². The Morgan fingerprint density at radius 3 is 2.41 bits per heavy atom. The molecule has 0 aromatic heterocycles. The number of rotatable bonds is 8. The Balaban J connectivity index is 1.51. The predicted molar refractivity (Wildman–Crippen MR) is 131 cm³/mol. The van der Waals surface area contributed by atoms with E-state index in [0.29, 0.717) is 22.0 Å². The SMILES string of the molecule is O=C(COc1ccccc1/C=N/NC(=O)C(=O)NCc1ccccc1)Nc1cccc(Cl)c1Cl. The summed E-state index contributed by atoms with van der Waals surface area (Å²) in [5.41, 5.74) is 3.87. The molecule has 0 fully saturated rings. The van der Waals surface area contributed by atoms with E-state index in [1.165, 1.54) is 6.21 Å². The van der Waals surface area contributed by atoms with Crippen molar-refractivity contribution in [3.63, 3.8) is 0 Å². The van der Waals surface area contributed by atoms with Crippen LogP contribution in [-0.2, 0) is 20.9 Å². The van der Waals surface area contributed by atoms with Gasteiger partial charge in [-0.05, 0) is 29.8 Å². The number of nitrogens with one attached hydrogen (secondary N) is 3. The van der Waals surface area contributed by atoms with Gasteiger partial charge < -0.3 is 15.4 Å². The summed E-state index contributed by atoms with van der Waals surface area (Å²) in [6, 6.07) is 20.8. The molecule has 0 spiro atoms. The van der Waals surface area contributed by atoms with Crippen LogP contribution < -0.4 is 20.8 Å². The number of ether oxygens (including phenoxy) is 1. The number of carbonyl (C=O) groups excluding carboxylic acids is 3. The summed E-state index contributed by atoms with van der Waals surface area (Å²) in [6.07, 6.45) is 1.31. The van der Waals surface area contributed by atoms with Crippen LogP contribution in [0.3, 0.4) is 0 Å². The third-order valence-electron chi connectivity index (χ3n) is 4.38. The molecule has 8 nitrogen and oxygen atoms in total. The van der Waals surface area contributed by atoms with Gasteiger partial charge in [0.25, 0.3) is 5.91 Å².